The zero-order chi connectivity index (χ0) is 13.8. The molecule has 3 nitrogen and oxygen atoms in total. The van der Waals surface area contributed by atoms with Gasteiger partial charge in [-0.2, -0.15) is 0 Å². The number of amides is 1. The van der Waals surface area contributed by atoms with E-state index in [4.69, 9.17) is 0 Å². The second-order valence-corrected chi connectivity index (χ2v) is 4.98. The monoisotopic (exact) mass is 318 g/mol. The van der Waals surface area contributed by atoms with E-state index in [-0.39, 0.29) is 5.91 Å². The Kier molecular flexibility index (Phi) is 4.32. The lowest BCUT2D eigenvalue weighted by molar-refractivity contribution is 0.0987. The summed E-state index contributed by atoms with van der Waals surface area (Å²) in [6, 6.07) is 9.39. The first-order chi connectivity index (χ1) is 9.15. The molecule has 2 aromatic rings. The molecule has 0 aliphatic rings. The number of aryl methyl sites for hydroxylation is 1. The van der Waals surface area contributed by atoms with Crippen molar-refractivity contribution in [3.05, 3.63) is 58.3 Å². The number of carbonyl (C=O) groups is 1. The Morgan fingerprint density at radius 1 is 1.26 bits per heavy atom. The lowest BCUT2D eigenvalue weighted by Gasteiger charge is -2.21. The zero-order valence-electron chi connectivity index (χ0n) is 10.9. The highest BCUT2D eigenvalue weighted by atomic mass is 79.9. The van der Waals surface area contributed by atoms with E-state index < -0.39 is 0 Å². The van der Waals surface area contributed by atoms with Crippen molar-refractivity contribution >= 4 is 27.5 Å². The molecule has 0 spiro atoms. The van der Waals surface area contributed by atoms with Gasteiger partial charge in [0.25, 0.3) is 5.91 Å². The molecule has 19 heavy (non-hydrogen) atoms. The van der Waals surface area contributed by atoms with Crippen LogP contribution in [0.15, 0.2) is 47.2 Å². The standard InChI is InChI=1S/C15H15BrN2O/c1-3-18(12-7-9-17-10-8-12)15(19)13-6-4-5-11(2)14(13)16/h4-10H,3H2,1-2H3. The SMILES string of the molecule is CCN(C(=O)c1cccc(C)c1Br)c1ccncc1. The fourth-order valence-corrected chi connectivity index (χ4v) is 2.36. The summed E-state index contributed by atoms with van der Waals surface area (Å²) in [5.41, 5.74) is 2.59. The minimum atomic E-state index is -0.00993. The van der Waals surface area contributed by atoms with Crippen LogP contribution in [0.4, 0.5) is 5.69 Å². The highest BCUT2D eigenvalue weighted by Crippen LogP contribution is 2.24. The summed E-state index contributed by atoms with van der Waals surface area (Å²) < 4.78 is 0.854. The molecule has 2 rings (SSSR count). The van der Waals surface area contributed by atoms with Gasteiger partial charge in [0.1, 0.15) is 0 Å². The molecule has 1 aromatic carbocycles. The van der Waals surface area contributed by atoms with Crippen molar-refractivity contribution in [1.29, 1.82) is 0 Å². The quantitative estimate of drug-likeness (QED) is 0.862. The predicted molar refractivity (Wildman–Crippen MR) is 80.5 cm³/mol. The number of aromatic nitrogens is 1. The molecule has 0 bridgehead atoms. The summed E-state index contributed by atoms with van der Waals surface area (Å²) in [6.07, 6.45) is 3.38. The third-order valence-corrected chi connectivity index (χ3v) is 4.01. The summed E-state index contributed by atoms with van der Waals surface area (Å²) in [5.74, 6) is -0.00993. The number of rotatable bonds is 3. The molecule has 4 heteroatoms. The van der Waals surface area contributed by atoms with E-state index in [2.05, 4.69) is 20.9 Å². The Bertz CT molecular complexity index is 584. The number of hydrogen-bond acceptors (Lipinski definition) is 2. The van der Waals surface area contributed by atoms with E-state index >= 15 is 0 Å². The van der Waals surface area contributed by atoms with Crippen molar-refractivity contribution in [3.8, 4) is 0 Å². The minimum absolute atomic E-state index is 0.00993. The fourth-order valence-electron chi connectivity index (χ4n) is 1.93. The number of carbonyl (C=O) groups excluding carboxylic acids is 1. The lowest BCUT2D eigenvalue weighted by atomic mass is 10.1. The van der Waals surface area contributed by atoms with Gasteiger partial charge in [0.05, 0.1) is 5.56 Å². The molecule has 1 heterocycles. The molecule has 1 amide bonds. The Morgan fingerprint density at radius 3 is 2.58 bits per heavy atom. The van der Waals surface area contributed by atoms with E-state index in [9.17, 15) is 4.79 Å². The molecule has 0 fully saturated rings. The largest absolute Gasteiger partial charge is 0.309 e. The summed E-state index contributed by atoms with van der Waals surface area (Å²) >= 11 is 3.49. The smallest absolute Gasteiger partial charge is 0.259 e. The number of pyridine rings is 1. The molecule has 0 aliphatic carbocycles. The van der Waals surface area contributed by atoms with Crippen LogP contribution in [0.2, 0.25) is 0 Å². The van der Waals surface area contributed by atoms with Crippen LogP contribution in [0.1, 0.15) is 22.8 Å². The average Bonchev–Trinajstić information content (AvgIpc) is 2.44. The molecule has 0 aliphatic heterocycles. The second kappa shape index (κ2) is 5.97. The molecule has 0 saturated heterocycles. The molecule has 0 atom stereocenters. The third-order valence-electron chi connectivity index (χ3n) is 2.96. The van der Waals surface area contributed by atoms with E-state index in [0.29, 0.717) is 12.1 Å². The molecular formula is C15H15BrN2O. The molecule has 0 unspecified atom stereocenters. The fraction of sp³-hybridized carbons (Fsp3) is 0.200. The van der Waals surface area contributed by atoms with Crippen molar-refractivity contribution in [3.63, 3.8) is 0 Å². The van der Waals surface area contributed by atoms with Gasteiger partial charge in [-0.3, -0.25) is 9.78 Å². The maximum atomic E-state index is 12.6. The normalized spacial score (nSPS) is 10.3. The van der Waals surface area contributed by atoms with Crippen molar-refractivity contribution in [1.82, 2.24) is 4.98 Å². The lowest BCUT2D eigenvalue weighted by Crippen LogP contribution is -2.31. The number of benzene rings is 1. The van der Waals surface area contributed by atoms with Gasteiger partial charge in [-0.05, 0) is 53.5 Å². The van der Waals surface area contributed by atoms with Gasteiger partial charge in [0.15, 0.2) is 0 Å². The van der Waals surface area contributed by atoms with Crippen molar-refractivity contribution < 1.29 is 4.79 Å². The van der Waals surface area contributed by atoms with E-state index in [1.165, 1.54) is 0 Å². The molecule has 0 N–H and O–H groups in total. The molecule has 0 radical (unpaired) electrons. The van der Waals surface area contributed by atoms with Crippen LogP contribution in [0.5, 0.6) is 0 Å². The van der Waals surface area contributed by atoms with E-state index in [1.807, 2.05) is 44.2 Å². The van der Waals surface area contributed by atoms with Gasteiger partial charge in [-0.25, -0.2) is 0 Å². The van der Waals surface area contributed by atoms with Crippen LogP contribution >= 0.6 is 15.9 Å². The first kappa shape index (κ1) is 13.7. The van der Waals surface area contributed by atoms with E-state index in [1.54, 1.807) is 17.3 Å². The summed E-state index contributed by atoms with van der Waals surface area (Å²) in [4.78, 5) is 18.3. The Balaban J connectivity index is 2.39. The molecule has 98 valence electrons. The average molecular weight is 319 g/mol. The molecule has 0 saturated carbocycles. The number of halogens is 1. The minimum Gasteiger partial charge on any atom is -0.309 e. The van der Waals surface area contributed by atoms with Crippen molar-refractivity contribution in [2.45, 2.75) is 13.8 Å². The van der Waals surface area contributed by atoms with Crippen molar-refractivity contribution in [2.75, 3.05) is 11.4 Å². The maximum Gasteiger partial charge on any atom is 0.259 e. The second-order valence-electron chi connectivity index (χ2n) is 4.19. The highest BCUT2D eigenvalue weighted by Gasteiger charge is 2.18. The van der Waals surface area contributed by atoms with Crippen LogP contribution in [-0.2, 0) is 0 Å². The van der Waals surface area contributed by atoms with Crippen molar-refractivity contribution in [2.24, 2.45) is 0 Å². The zero-order valence-corrected chi connectivity index (χ0v) is 12.5. The van der Waals surface area contributed by atoms with Gasteiger partial charge < -0.3 is 4.90 Å². The van der Waals surface area contributed by atoms with Gasteiger partial charge in [-0.15, -0.1) is 0 Å². The number of nitrogens with zero attached hydrogens (tertiary/aromatic N) is 2. The van der Waals surface area contributed by atoms with Crippen LogP contribution < -0.4 is 4.90 Å². The predicted octanol–water partition coefficient (Wildman–Crippen LogP) is 3.82. The molecular weight excluding hydrogens is 304 g/mol. The van der Waals surface area contributed by atoms with Gasteiger partial charge >= 0.3 is 0 Å². The van der Waals surface area contributed by atoms with Crippen LogP contribution in [0, 0.1) is 6.92 Å². The summed E-state index contributed by atoms with van der Waals surface area (Å²) in [7, 11) is 0. The van der Waals surface area contributed by atoms with Gasteiger partial charge in [0, 0.05) is 29.1 Å². The third kappa shape index (κ3) is 2.84. The summed E-state index contributed by atoms with van der Waals surface area (Å²) in [5, 5.41) is 0. The maximum absolute atomic E-state index is 12.6. The Labute approximate surface area is 121 Å². The highest BCUT2D eigenvalue weighted by molar-refractivity contribution is 9.10. The van der Waals surface area contributed by atoms with Gasteiger partial charge in [0.2, 0.25) is 0 Å². The van der Waals surface area contributed by atoms with Crippen LogP contribution in [-0.4, -0.2) is 17.4 Å². The topological polar surface area (TPSA) is 33.2 Å². The first-order valence-electron chi connectivity index (χ1n) is 6.12. The Hall–Kier alpha value is -1.68. The van der Waals surface area contributed by atoms with Crippen LogP contribution in [0.25, 0.3) is 0 Å². The number of anilines is 1. The molecule has 1 aromatic heterocycles. The van der Waals surface area contributed by atoms with Gasteiger partial charge in [-0.1, -0.05) is 12.1 Å². The number of hydrogen-bond donors (Lipinski definition) is 0. The summed E-state index contributed by atoms with van der Waals surface area (Å²) in [6.45, 7) is 4.55. The van der Waals surface area contributed by atoms with Crippen LogP contribution in [0.3, 0.4) is 0 Å². The van der Waals surface area contributed by atoms with E-state index in [0.717, 1.165) is 15.7 Å². The Morgan fingerprint density at radius 2 is 1.95 bits per heavy atom. The first-order valence-corrected chi connectivity index (χ1v) is 6.91.